The van der Waals surface area contributed by atoms with Crippen LogP contribution in [0.25, 0.3) is 0 Å². The minimum absolute atomic E-state index is 0.133. The van der Waals surface area contributed by atoms with E-state index in [0.717, 1.165) is 44.6 Å². The smallest absolute Gasteiger partial charge is 0.123 e. The van der Waals surface area contributed by atoms with Gasteiger partial charge >= 0.3 is 0 Å². The Morgan fingerprint density at radius 2 is 1.60 bits per heavy atom. The van der Waals surface area contributed by atoms with Crippen LogP contribution >= 0.6 is 0 Å². The number of hydrogen-bond acceptors (Lipinski definition) is 2. The van der Waals surface area contributed by atoms with Gasteiger partial charge in [-0.1, -0.05) is 67.5 Å². The van der Waals surface area contributed by atoms with E-state index in [1.54, 1.807) is 0 Å². The normalized spacial score (nSPS) is 12.7. The molecule has 1 rings (SSSR count). The summed E-state index contributed by atoms with van der Waals surface area (Å²) in [6, 6.07) is 7.41. The second kappa shape index (κ2) is 9.62. The average molecular weight is 348 g/mol. The van der Waals surface area contributed by atoms with Gasteiger partial charge in [0.2, 0.25) is 0 Å². The molecule has 0 aromatic heterocycles. The van der Waals surface area contributed by atoms with E-state index >= 15 is 0 Å². The molecular weight excluding hydrogens is 306 g/mol. The third-order valence-corrected chi connectivity index (χ3v) is 5.64. The lowest BCUT2D eigenvalue weighted by Crippen LogP contribution is -2.24. The lowest BCUT2D eigenvalue weighted by Gasteiger charge is -2.30. The Kier molecular flexibility index (Phi) is 8.47. The van der Waals surface area contributed by atoms with Crippen LogP contribution in [0.3, 0.4) is 0 Å². The van der Waals surface area contributed by atoms with E-state index < -0.39 is 0 Å². The zero-order valence-electron chi connectivity index (χ0n) is 18.0. The van der Waals surface area contributed by atoms with Crippen LogP contribution in [0.1, 0.15) is 92.2 Å². The number of benzene rings is 1. The first kappa shape index (κ1) is 22.0. The number of rotatable bonds is 11. The summed E-state index contributed by atoms with van der Waals surface area (Å²) in [5.41, 5.74) is 3.11. The molecule has 0 spiro atoms. The molecule has 1 aromatic rings. The van der Waals surface area contributed by atoms with Gasteiger partial charge in [0.05, 0.1) is 6.61 Å². The Morgan fingerprint density at radius 3 is 2.16 bits per heavy atom. The fraction of sp³-hybridized carbons (Fsp3) is 0.739. The molecule has 1 aromatic carbocycles. The van der Waals surface area contributed by atoms with Crippen LogP contribution in [0.4, 0.5) is 0 Å². The lowest BCUT2D eigenvalue weighted by atomic mass is 9.76. The van der Waals surface area contributed by atoms with Crippen LogP contribution < -0.4 is 10.1 Å². The lowest BCUT2D eigenvalue weighted by molar-refractivity contribution is 0.294. The molecule has 144 valence electrons. The van der Waals surface area contributed by atoms with Gasteiger partial charge in [0.1, 0.15) is 5.75 Å². The van der Waals surface area contributed by atoms with E-state index in [4.69, 9.17) is 4.74 Å². The molecule has 0 aliphatic rings. The number of hydrogen-bond donors (Lipinski definition) is 1. The zero-order valence-corrected chi connectivity index (χ0v) is 18.0. The van der Waals surface area contributed by atoms with Crippen LogP contribution in [0.5, 0.6) is 5.75 Å². The highest BCUT2D eigenvalue weighted by Crippen LogP contribution is 2.38. The van der Waals surface area contributed by atoms with Crippen molar-refractivity contribution >= 4 is 0 Å². The topological polar surface area (TPSA) is 21.3 Å². The summed E-state index contributed by atoms with van der Waals surface area (Å²) in [5, 5.41) is 3.46. The summed E-state index contributed by atoms with van der Waals surface area (Å²) in [6.07, 6.45) is 4.50. The van der Waals surface area contributed by atoms with Crippen molar-refractivity contribution in [2.75, 3.05) is 13.2 Å². The minimum Gasteiger partial charge on any atom is -0.493 e. The molecule has 0 unspecified atom stereocenters. The molecule has 1 N–H and O–H groups in total. The molecule has 0 atom stereocenters. The molecule has 0 fully saturated rings. The van der Waals surface area contributed by atoms with Crippen LogP contribution in [0, 0.1) is 0 Å². The van der Waals surface area contributed by atoms with Gasteiger partial charge in [0.15, 0.2) is 0 Å². The molecular formula is C23H41NO. The zero-order chi connectivity index (χ0) is 19.1. The number of nitrogens with one attached hydrogen (secondary N) is 1. The van der Waals surface area contributed by atoms with Crippen LogP contribution in [0.15, 0.2) is 18.2 Å². The van der Waals surface area contributed by atoms with E-state index in [2.05, 4.69) is 78.9 Å². The third-order valence-electron chi connectivity index (χ3n) is 5.64. The second-order valence-corrected chi connectivity index (χ2v) is 8.85. The summed E-state index contributed by atoms with van der Waals surface area (Å²) in [5.74, 6) is 1.07. The van der Waals surface area contributed by atoms with Crippen molar-refractivity contribution in [3.05, 3.63) is 29.3 Å². The SMILES string of the molecule is CCC(C)(C)c1ccc(OCCCCNC(C)C)c(C(C)(C)CC)c1. The average Bonchev–Trinajstić information content (AvgIpc) is 2.57. The number of unbranched alkanes of at least 4 members (excludes halogenated alkanes) is 1. The highest BCUT2D eigenvalue weighted by Gasteiger charge is 2.26. The van der Waals surface area contributed by atoms with Crippen LogP contribution in [0.2, 0.25) is 0 Å². The van der Waals surface area contributed by atoms with Crippen molar-refractivity contribution < 1.29 is 4.74 Å². The van der Waals surface area contributed by atoms with Gasteiger partial charge in [-0.25, -0.2) is 0 Å². The Balaban J connectivity index is 2.84. The maximum absolute atomic E-state index is 6.21. The van der Waals surface area contributed by atoms with E-state index in [1.165, 1.54) is 11.1 Å². The molecule has 0 aliphatic carbocycles. The van der Waals surface area contributed by atoms with Crippen molar-refractivity contribution in [1.82, 2.24) is 5.32 Å². The fourth-order valence-electron chi connectivity index (χ4n) is 2.80. The monoisotopic (exact) mass is 347 g/mol. The van der Waals surface area contributed by atoms with Gasteiger partial charge in [-0.2, -0.15) is 0 Å². The van der Waals surface area contributed by atoms with Crippen molar-refractivity contribution in [3.8, 4) is 5.75 Å². The van der Waals surface area contributed by atoms with Crippen molar-refractivity contribution in [3.63, 3.8) is 0 Å². The standard InChI is InChI=1S/C23H41NO/c1-9-22(5,6)19-13-14-21(20(17-19)23(7,8)10-2)25-16-12-11-15-24-18(3)4/h13-14,17-18,24H,9-12,15-16H2,1-8H3. The van der Waals surface area contributed by atoms with Gasteiger partial charge in [0.25, 0.3) is 0 Å². The van der Waals surface area contributed by atoms with Crippen LogP contribution in [-0.2, 0) is 10.8 Å². The Morgan fingerprint density at radius 1 is 0.960 bits per heavy atom. The first-order chi connectivity index (χ1) is 11.6. The Hall–Kier alpha value is -1.02. The van der Waals surface area contributed by atoms with Crippen molar-refractivity contribution in [2.24, 2.45) is 0 Å². The summed E-state index contributed by atoms with van der Waals surface area (Å²) >= 11 is 0. The summed E-state index contributed by atoms with van der Waals surface area (Å²) < 4.78 is 6.21. The van der Waals surface area contributed by atoms with Gasteiger partial charge in [-0.15, -0.1) is 0 Å². The van der Waals surface area contributed by atoms with Gasteiger partial charge in [-0.3, -0.25) is 0 Å². The maximum atomic E-state index is 6.21. The molecule has 0 aliphatic heterocycles. The van der Waals surface area contributed by atoms with Crippen LogP contribution in [-0.4, -0.2) is 19.2 Å². The molecule has 0 bridgehead atoms. The molecule has 2 nitrogen and oxygen atoms in total. The predicted octanol–water partition coefficient (Wildman–Crippen LogP) is 6.22. The summed E-state index contributed by atoms with van der Waals surface area (Å²) in [4.78, 5) is 0. The molecule has 25 heavy (non-hydrogen) atoms. The highest BCUT2D eigenvalue weighted by atomic mass is 16.5. The van der Waals surface area contributed by atoms with Crippen molar-refractivity contribution in [1.29, 1.82) is 0 Å². The molecule has 0 saturated carbocycles. The predicted molar refractivity (Wildman–Crippen MR) is 111 cm³/mol. The number of ether oxygens (including phenoxy) is 1. The maximum Gasteiger partial charge on any atom is 0.123 e. The van der Waals surface area contributed by atoms with E-state index in [0.29, 0.717) is 6.04 Å². The fourth-order valence-corrected chi connectivity index (χ4v) is 2.80. The van der Waals surface area contributed by atoms with E-state index in [1.807, 2.05) is 0 Å². The quantitative estimate of drug-likeness (QED) is 0.480. The largest absolute Gasteiger partial charge is 0.493 e. The minimum atomic E-state index is 0.133. The summed E-state index contributed by atoms with van der Waals surface area (Å²) in [7, 11) is 0. The highest BCUT2D eigenvalue weighted by molar-refractivity contribution is 5.44. The Labute approximate surface area is 156 Å². The van der Waals surface area contributed by atoms with Gasteiger partial charge < -0.3 is 10.1 Å². The molecule has 0 saturated heterocycles. The summed E-state index contributed by atoms with van der Waals surface area (Å²) in [6.45, 7) is 20.1. The molecule has 0 radical (unpaired) electrons. The molecule has 0 heterocycles. The van der Waals surface area contributed by atoms with E-state index in [9.17, 15) is 0 Å². The van der Waals surface area contributed by atoms with Gasteiger partial charge in [-0.05, 0) is 54.7 Å². The first-order valence-corrected chi connectivity index (χ1v) is 10.1. The van der Waals surface area contributed by atoms with E-state index in [-0.39, 0.29) is 10.8 Å². The first-order valence-electron chi connectivity index (χ1n) is 10.1. The molecule has 0 amide bonds. The second-order valence-electron chi connectivity index (χ2n) is 8.85. The molecule has 2 heteroatoms. The third kappa shape index (κ3) is 6.66. The van der Waals surface area contributed by atoms with Gasteiger partial charge in [0, 0.05) is 11.6 Å². The van der Waals surface area contributed by atoms with Crippen molar-refractivity contribution in [2.45, 2.75) is 97.9 Å². The Bertz CT molecular complexity index is 517.